The van der Waals surface area contributed by atoms with Gasteiger partial charge < -0.3 is 35.0 Å². The summed E-state index contributed by atoms with van der Waals surface area (Å²) in [5.41, 5.74) is -2.42. The summed E-state index contributed by atoms with van der Waals surface area (Å²) in [6.07, 6.45) is 0.0468. The monoisotopic (exact) mass is 452 g/mol. The van der Waals surface area contributed by atoms with Crippen molar-refractivity contribution in [1.82, 2.24) is 0 Å². The summed E-state index contributed by atoms with van der Waals surface area (Å²) in [5, 5.41) is 58.3. The van der Waals surface area contributed by atoms with Crippen molar-refractivity contribution >= 4 is 0 Å². The van der Waals surface area contributed by atoms with Crippen molar-refractivity contribution in [3.05, 3.63) is 12.2 Å². The second-order valence-corrected chi connectivity index (χ2v) is 11.8. The Morgan fingerprint density at radius 1 is 1.06 bits per heavy atom. The van der Waals surface area contributed by atoms with Crippen LogP contribution in [0.5, 0.6) is 0 Å². The van der Waals surface area contributed by atoms with Gasteiger partial charge in [0.1, 0.15) is 6.10 Å². The summed E-state index contributed by atoms with van der Waals surface area (Å²) >= 11 is 0. The van der Waals surface area contributed by atoms with E-state index in [2.05, 4.69) is 27.4 Å². The summed E-state index contributed by atoms with van der Waals surface area (Å²) in [4.78, 5) is 0. The lowest BCUT2D eigenvalue weighted by Crippen LogP contribution is -2.87. The van der Waals surface area contributed by atoms with Gasteiger partial charge in [-0.2, -0.15) is 0 Å². The lowest BCUT2D eigenvalue weighted by molar-refractivity contribution is -0.523. The smallest absolute Gasteiger partial charge is 0.206 e. The Hall–Kier alpha value is -0.540. The molecule has 0 aromatic rings. The first kappa shape index (κ1) is 23.2. The minimum atomic E-state index is -2.26. The first-order chi connectivity index (χ1) is 15.0. The highest BCUT2D eigenvalue weighted by molar-refractivity contribution is 5.38. The zero-order valence-corrected chi connectivity index (χ0v) is 19.5. The molecule has 2 heterocycles. The highest BCUT2D eigenvalue weighted by atomic mass is 16.8. The van der Waals surface area contributed by atoms with Crippen molar-refractivity contribution in [3.63, 3.8) is 0 Å². The number of unbranched alkanes of at least 4 members (excludes halogenated alkanes) is 2. The van der Waals surface area contributed by atoms with Gasteiger partial charge in [0.2, 0.25) is 5.79 Å². The zero-order valence-electron chi connectivity index (χ0n) is 19.5. The Morgan fingerprint density at radius 2 is 1.78 bits per heavy atom. The standard InChI is InChI=1S/C25H40O7/c1-5-6-7-11-31-21-23-10-8-9-22(3,4)17(23)20(29)25(30,32-21)24-16(23)15(26)12-14(19(24)28)13(2)18(24)27/h14-21,26-30H,2,5-12H2,1,3-4H3/t14-,15-,16-,17+,18+,19+,20-,21+,23+,24-,25-/m0/s1. The number of rotatable bonds is 5. The molecule has 4 saturated carbocycles. The average molecular weight is 453 g/mol. The fraction of sp³-hybridized carbons (Fsp3) is 0.920. The van der Waals surface area contributed by atoms with Gasteiger partial charge in [-0.25, -0.2) is 0 Å². The van der Waals surface area contributed by atoms with Crippen LogP contribution < -0.4 is 0 Å². The normalized spacial score (nSPS) is 55.6. The molecule has 0 amide bonds. The molecule has 7 nitrogen and oxygen atoms in total. The van der Waals surface area contributed by atoms with Crippen molar-refractivity contribution in [2.75, 3.05) is 6.61 Å². The number of aliphatic hydroxyl groups is 5. The van der Waals surface area contributed by atoms with E-state index < -0.39 is 65.1 Å². The maximum Gasteiger partial charge on any atom is 0.206 e. The molecule has 32 heavy (non-hydrogen) atoms. The van der Waals surface area contributed by atoms with Crippen molar-refractivity contribution in [2.24, 2.45) is 34.0 Å². The molecule has 2 saturated heterocycles. The summed E-state index contributed by atoms with van der Waals surface area (Å²) in [6.45, 7) is 10.8. The van der Waals surface area contributed by atoms with E-state index in [1.54, 1.807) is 0 Å². The Bertz CT molecular complexity index is 784. The van der Waals surface area contributed by atoms with Crippen molar-refractivity contribution in [2.45, 2.75) is 102 Å². The molecule has 6 fully saturated rings. The molecular weight excluding hydrogens is 412 g/mol. The Morgan fingerprint density at radius 3 is 2.47 bits per heavy atom. The van der Waals surface area contributed by atoms with E-state index in [0.29, 0.717) is 18.6 Å². The van der Waals surface area contributed by atoms with Crippen LogP contribution in [0.15, 0.2) is 12.2 Å². The number of fused-ring (bicyclic) bond motifs is 2. The van der Waals surface area contributed by atoms with Gasteiger partial charge in [-0.05, 0) is 36.7 Å². The number of hydrogen-bond donors (Lipinski definition) is 5. The van der Waals surface area contributed by atoms with Crippen LogP contribution in [-0.2, 0) is 9.47 Å². The first-order valence-corrected chi connectivity index (χ1v) is 12.4. The van der Waals surface area contributed by atoms with Crippen LogP contribution in [0.25, 0.3) is 0 Å². The largest absolute Gasteiger partial charge is 0.393 e. The molecule has 6 rings (SSSR count). The summed E-state index contributed by atoms with van der Waals surface area (Å²) in [7, 11) is 0. The molecule has 2 spiro atoms. The van der Waals surface area contributed by atoms with E-state index >= 15 is 0 Å². The fourth-order valence-corrected chi connectivity index (χ4v) is 9.02. The maximum atomic E-state index is 12.2. The van der Waals surface area contributed by atoms with Crippen LogP contribution in [0.3, 0.4) is 0 Å². The molecule has 0 radical (unpaired) electrons. The molecule has 4 aliphatic carbocycles. The molecule has 11 atom stereocenters. The molecular formula is C25H40O7. The van der Waals surface area contributed by atoms with Gasteiger partial charge in [-0.1, -0.05) is 46.6 Å². The maximum absolute atomic E-state index is 12.2. The molecule has 0 unspecified atom stereocenters. The van der Waals surface area contributed by atoms with Crippen molar-refractivity contribution in [1.29, 1.82) is 0 Å². The molecule has 0 aromatic heterocycles. The predicted molar refractivity (Wildman–Crippen MR) is 116 cm³/mol. The van der Waals surface area contributed by atoms with Crippen LogP contribution in [-0.4, -0.2) is 68.6 Å². The average Bonchev–Trinajstić information content (AvgIpc) is 2.83. The predicted octanol–water partition coefficient (Wildman–Crippen LogP) is 1.70. The van der Waals surface area contributed by atoms with Crippen molar-refractivity contribution < 1.29 is 35.0 Å². The number of hydrogen-bond acceptors (Lipinski definition) is 7. The minimum absolute atomic E-state index is 0.271. The highest BCUT2D eigenvalue weighted by Gasteiger charge is 2.88. The third kappa shape index (κ3) is 2.41. The lowest BCUT2D eigenvalue weighted by atomic mass is 9.35. The van der Waals surface area contributed by atoms with E-state index in [0.717, 1.165) is 32.1 Å². The minimum Gasteiger partial charge on any atom is -0.393 e. The van der Waals surface area contributed by atoms with E-state index in [4.69, 9.17) is 9.47 Å². The van der Waals surface area contributed by atoms with Gasteiger partial charge in [-0.15, -0.1) is 0 Å². The topological polar surface area (TPSA) is 120 Å². The van der Waals surface area contributed by atoms with E-state index in [9.17, 15) is 25.5 Å². The van der Waals surface area contributed by atoms with Crippen LogP contribution >= 0.6 is 0 Å². The first-order valence-electron chi connectivity index (χ1n) is 12.4. The molecule has 5 N–H and O–H groups in total. The molecule has 182 valence electrons. The van der Waals surface area contributed by atoms with Crippen LogP contribution in [0, 0.1) is 34.0 Å². The summed E-state index contributed by atoms with van der Waals surface area (Å²) in [6, 6.07) is 0. The van der Waals surface area contributed by atoms with Gasteiger partial charge in [0.25, 0.3) is 0 Å². The summed E-state index contributed by atoms with van der Waals surface area (Å²) < 4.78 is 12.6. The van der Waals surface area contributed by atoms with Crippen molar-refractivity contribution in [3.8, 4) is 0 Å². The second-order valence-electron chi connectivity index (χ2n) is 11.8. The fourth-order valence-electron chi connectivity index (χ4n) is 9.02. The zero-order chi connectivity index (χ0) is 23.3. The Kier molecular flexibility index (Phi) is 5.25. The molecule has 6 aliphatic rings. The lowest BCUT2D eigenvalue weighted by Gasteiger charge is -2.77. The quantitative estimate of drug-likeness (QED) is 0.318. The Balaban J connectivity index is 1.70. The summed E-state index contributed by atoms with van der Waals surface area (Å²) in [5.74, 6) is -3.90. The van der Waals surface area contributed by atoms with E-state index in [1.165, 1.54) is 0 Å². The Labute approximate surface area is 190 Å². The van der Waals surface area contributed by atoms with E-state index in [-0.39, 0.29) is 11.8 Å². The van der Waals surface area contributed by atoms with Crippen LogP contribution in [0.4, 0.5) is 0 Å². The number of aliphatic hydroxyl groups excluding tert-OH is 4. The van der Waals surface area contributed by atoms with Crippen LogP contribution in [0.1, 0.15) is 65.7 Å². The molecule has 0 aromatic carbocycles. The molecule has 4 bridgehead atoms. The van der Waals surface area contributed by atoms with Gasteiger partial charge in [0.15, 0.2) is 6.29 Å². The molecule has 2 aliphatic heterocycles. The second kappa shape index (κ2) is 7.23. The third-order valence-corrected chi connectivity index (χ3v) is 10.1. The van der Waals surface area contributed by atoms with Gasteiger partial charge in [0.05, 0.1) is 23.7 Å². The molecule has 7 heteroatoms. The van der Waals surface area contributed by atoms with Gasteiger partial charge in [-0.3, -0.25) is 0 Å². The van der Waals surface area contributed by atoms with E-state index in [1.807, 2.05) is 0 Å². The number of ether oxygens (including phenoxy) is 2. The highest BCUT2D eigenvalue weighted by Crippen LogP contribution is 2.78. The van der Waals surface area contributed by atoms with Gasteiger partial charge in [0, 0.05) is 29.8 Å². The third-order valence-electron chi connectivity index (χ3n) is 10.1. The van der Waals surface area contributed by atoms with Crippen LogP contribution in [0.2, 0.25) is 0 Å². The van der Waals surface area contributed by atoms with Gasteiger partial charge >= 0.3 is 0 Å². The SMILES string of the molecule is C=C1[C@@H](O)[C@]23[C@H](O)[C@H]1C[C@H](O)[C@H]2[C@]12CCCC(C)(C)[C@H]1[C@H](O)[C@]3(O)O[C@H]2OCCCCC.